The van der Waals surface area contributed by atoms with Crippen LogP contribution in [-0.2, 0) is 11.3 Å². The molecule has 22 heavy (non-hydrogen) atoms. The van der Waals surface area contributed by atoms with Crippen LogP contribution in [0, 0.1) is 3.57 Å². The molecule has 0 aliphatic carbocycles. The van der Waals surface area contributed by atoms with Gasteiger partial charge in [-0.2, -0.15) is 0 Å². The summed E-state index contributed by atoms with van der Waals surface area (Å²) in [4.78, 5) is 14.9. The molecule has 1 heterocycles. The Morgan fingerprint density at radius 3 is 2.45 bits per heavy atom. The van der Waals surface area contributed by atoms with Crippen molar-refractivity contribution in [2.75, 3.05) is 0 Å². The summed E-state index contributed by atoms with van der Waals surface area (Å²) in [5.74, 6) is -0.0163. The molecule has 1 aliphatic rings. The molecule has 1 amide bonds. The molecule has 0 bridgehead atoms. The minimum atomic E-state index is -0.0163. The lowest BCUT2D eigenvalue weighted by atomic mass is 10.2. The second-order valence-electron chi connectivity index (χ2n) is 4.81. The topological polar surface area (TPSA) is 20.3 Å². The Morgan fingerprint density at radius 2 is 1.77 bits per heavy atom. The Balaban J connectivity index is 1.80. The van der Waals surface area contributed by atoms with Gasteiger partial charge >= 0.3 is 0 Å². The van der Waals surface area contributed by atoms with E-state index in [0.29, 0.717) is 15.8 Å². The lowest BCUT2D eigenvalue weighted by Gasteiger charge is -2.14. The number of benzene rings is 2. The van der Waals surface area contributed by atoms with Gasteiger partial charge in [0.25, 0.3) is 5.91 Å². The van der Waals surface area contributed by atoms with Crippen LogP contribution < -0.4 is 0 Å². The number of nitrogens with zero attached hydrogens (tertiary/aromatic N) is 1. The molecule has 1 saturated heterocycles. The predicted octanol–water partition coefficient (Wildman–Crippen LogP) is 4.69. The van der Waals surface area contributed by atoms with Crippen LogP contribution in [0.3, 0.4) is 0 Å². The fourth-order valence-electron chi connectivity index (χ4n) is 2.11. The van der Waals surface area contributed by atoms with E-state index in [9.17, 15) is 4.79 Å². The number of rotatable bonds is 3. The molecule has 0 unspecified atom stereocenters. The van der Waals surface area contributed by atoms with Gasteiger partial charge in [0.15, 0.2) is 0 Å². The van der Waals surface area contributed by atoms with Gasteiger partial charge in [-0.05, 0) is 51.9 Å². The van der Waals surface area contributed by atoms with Crippen LogP contribution in [0.15, 0.2) is 59.5 Å². The first-order valence-electron chi connectivity index (χ1n) is 6.68. The lowest BCUT2D eigenvalue weighted by Crippen LogP contribution is -2.27. The van der Waals surface area contributed by atoms with Gasteiger partial charge in [0.1, 0.15) is 4.32 Å². The van der Waals surface area contributed by atoms with Crippen LogP contribution in [0.2, 0.25) is 0 Å². The first-order chi connectivity index (χ1) is 10.6. The number of thiocarbonyl (C=S) groups is 1. The van der Waals surface area contributed by atoms with Gasteiger partial charge in [-0.3, -0.25) is 9.69 Å². The van der Waals surface area contributed by atoms with E-state index in [0.717, 1.165) is 11.1 Å². The van der Waals surface area contributed by atoms with E-state index in [2.05, 4.69) is 22.6 Å². The summed E-state index contributed by atoms with van der Waals surface area (Å²) < 4.78 is 1.79. The summed E-state index contributed by atoms with van der Waals surface area (Å²) in [6, 6.07) is 18.0. The number of thioether (sulfide) groups is 1. The number of amides is 1. The summed E-state index contributed by atoms with van der Waals surface area (Å²) in [7, 11) is 0. The smallest absolute Gasteiger partial charge is 0.266 e. The Morgan fingerprint density at radius 1 is 1.09 bits per heavy atom. The zero-order valence-corrected chi connectivity index (χ0v) is 15.3. The summed E-state index contributed by atoms with van der Waals surface area (Å²) in [6.45, 7) is 0.523. The monoisotopic (exact) mass is 437 g/mol. The molecule has 2 nitrogen and oxygen atoms in total. The van der Waals surface area contributed by atoms with E-state index in [4.69, 9.17) is 12.2 Å². The zero-order valence-electron chi connectivity index (χ0n) is 11.5. The second-order valence-corrected chi connectivity index (χ2v) is 7.73. The average molecular weight is 437 g/mol. The van der Waals surface area contributed by atoms with Crippen LogP contribution in [0.5, 0.6) is 0 Å². The second kappa shape index (κ2) is 6.93. The van der Waals surface area contributed by atoms with Crippen molar-refractivity contribution < 1.29 is 4.79 Å². The van der Waals surface area contributed by atoms with Crippen LogP contribution in [0.1, 0.15) is 11.1 Å². The highest BCUT2D eigenvalue weighted by Crippen LogP contribution is 2.33. The van der Waals surface area contributed by atoms with Crippen LogP contribution in [0.4, 0.5) is 0 Å². The molecule has 5 heteroatoms. The summed E-state index contributed by atoms with van der Waals surface area (Å²) in [5, 5.41) is 0. The highest BCUT2D eigenvalue weighted by molar-refractivity contribution is 14.1. The number of carbonyl (C=O) groups excluding carboxylic acids is 1. The number of halogens is 1. The van der Waals surface area contributed by atoms with Crippen molar-refractivity contribution in [3.8, 4) is 0 Å². The van der Waals surface area contributed by atoms with E-state index < -0.39 is 0 Å². The van der Waals surface area contributed by atoms with E-state index in [1.807, 2.05) is 60.7 Å². The molecule has 110 valence electrons. The van der Waals surface area contributed by atoms with Crippen molar-refractivity contribution >= 4 is 62.9 Å². The molecule has 3 rings (SSSR count). The fourth-order valence-corrected chi connectivity index (χ4v) is 3.73. The minimum absolute atomic E-state index is 0.0163. The van der Waals surface area contributed by atoms with E-state index in [-0.39, 0.29) is 5.91 Å². The molecular formula is C17H12INOS2. The third kappa shape index (κ3) is 3.59. The standard InChI is InChI=1S/C17H12INOS2/c18-14-8-6-12(7-9-14)10-15-16(20)19(17(21)22-15)11-13-4-2-1-3-5-13/h1-10H,11H2/b15-10-. The van der Waals surface area contributed by atoms with Crippen LogP contribution >= 0.6 is 46.6 Å². The molecule has 0 saturated carbocycles. The van der Waals surface area contributed by atoms with Gasteiger partial charge in [0, 0.05) is 3.57 Å². The van der Waals surface area contributed by atoms with Gasteiger partial charge < -0.3 is 0 Å². The number of hydrogen-bond acceptors (Lipinski definition) is 3. The van der Waals surface area contributed by atoms with Crippen molar-refractivity contribution in [1.82, 2.24) is 4.90 Å². The maximum absolute atomic E-state index is 12.5. The minimum Gasteiger partial charge on any atom is -0.288 e. The van der Waals surface area contributed by atoms with E-state index in [1.165, 1.54) is 15.3 Å². The third-order valence-corrected chi connectivity index (χ3v) is 5.32. The lowest BCUT2D eigenvalue weighted by molar-refractivity contribution is -0.122. The fraction of sp³-hybridized carbons (Fsp3) is 0.0588. The van der Waals surface area contributed by atoms with Gasteiger partial charge in [0.05, 0.1) is 11.4 Å². The molecule has 1 aliphatic heterocycles. The van der Waals surface area contributed by atoms with Crippen molar-refractivity contribution in [3.63, 3.8) is 0 Å². The summed E-state index contributed by atoms with van der Waals surface area (Å²) in [5.41, 5.74) is 2.09. The van der Waals surface area contributed by atoms with E-state index in [1.54, 1.807) is 4.90 Å². The summed E-state index contributed by atoms with van der Waals surface area (Å²) in [6.07, 6.45) is 1.90. The van der Waals surface area contributed by atoms with Gasteiger partial charge in [-0.25, -0.2) is 0 Å². The van der Waals surface area contributed by atoms with Crippen LogP contribution in [0.25, 0.3) is 6.08 Å². The Labute approximate surface area is 152 Å². The summed E-state index contributed by atoms with van der Waals surface area (Å²) >= 11 is 8.99. The Hall–Kier alpha value is -1.18. The molecule has 0 atom stereocenters. The van der Waals surface area contributed by atoms with Crippen molar-refractivity contribution in [3.05, 3.63) is 74.2 Å². The van der Waals surface area contributed by atoms with E-state index >= 15 is 0 Å². The molecule has 1 fully saturated rings. The van der Waals surface area contributed by atoms with Gasteiger partial charge in [-0.15, -0.1) is 0 Å². The highest BCUT2D eigenvalue weighted by Gasteiger charge is 2.31. The van der Waals surface area contributed by atoms with Gasteiger partial charge in [-0.1, -0.05) is 66.4 Å². The first kappa shape index (κ1) is 15.7. The molecule has 0 N–H and O–H groups in total. The maximum Gasteiger partial charge on any atom is 0.266 e. The molecule has 2 aromatic rings. The molecule has 0 radical (unpaired) electrons. The number of hydrogen-bond donors (Lipinski definition) is 0. The molecule has 2 aromatic carbocycles. The van der Waals surface area contributed by atoms with Crippen LogP contribution in [-0.4, -0.2) is 15.1 Å². The zero-order chi connectivity index (χ0) is 15.5. The highest BCUT2D eigenvalue weighted by atomic mass is 127. The Kier molecular flexibility index (Phi) is 4.95. The third-order valence-electron chi connectivity index (χ3n) is 3.22. The SMILES string of the molecule is O=C1/C(=C/c2ccc(I)cc2)SC(=S)N1Cc1ccccc1. The molecular weight excluding hydrogens is 425 g/mol. The average Bonchev–Trinajstić information content (AvgIpc) is 2.78. The van der Waals surface area contributed by atoms with Crippen molar-refractivity contribution in [2.45, 2.75) is 6.54 Å². The number of carbonyl (C=O) groups is 1. The predicted molar refractivity (Wildman–Crippen MR) is 104 cm³/mol. The van der Waals surface area contributed by atoms with Gasteiger partial charge in [0.2, 0.25) is 0 Å². The quantitative estimate of drug-likeness (QED) is 0.395. The first-order valence-corrected chi connectivity index (χ1v) is 8.99. The normalized spacial score (nSPS) is 16.6. The molecule has 0 aromatic heterocycles. The maximum atomic E-state index is 12.5. The molecule has 0 spiro atoms. The van der Waals surface area contributed by atoms with Crippen molar-refractivity contribution in [1.29, 1.82) is 0 Å². The Bertz CT molecular complexity index is 741. The van der Waals surface area contributed by atoms with Crippen molar-refractivity contribution in [2.24, 2.45) is 0 Å². The largest absolute Gasteiger partial charge is 0.288 e.